The molecule has 4 nitrogen and oxygen atoms in total. The van der Waals surface area contributed by atoms with Crippen molar-refractivity contribution in [1.29, 1.82) is 0 Å². The molecule has 1 saturated carbocycles. The molecule has 1 unspecified atom stereocenters. The molecule has 0 bridgehead atoms. The molecule has 110 valence electrons. The molecule has 1 heterocycles. The van der Waals surface area contributed by atoms with Crippen molar-refractivity contribution in [2.24, 2.45) is 0 Å². The highest BCUT2D eigenvalue weighted by molar-refractivity contribution is 5.76. The van der Waals surface area contributed by atoms with E-state index in [0.29, 0.717) is 12.5 Å². The summed E-state index contributed by atoms with van der Waals surface area (Å²) in [5.74, 6) is 0.144. The van der Waals surface area contributed by atoms with E-state index in [-0.39, 0.29) is 17.6 Å². The van der Waals surface area contributed by atoms with Gasteiger partial charge in [0.25, 0.3) is 0 Å². The van der Waals surface area contributed by atoms with E-state index < -0.39 is 0 Å². The molecule has 1 aliphatic carbocycles. The highest BCUT2D eigenvalue weighted by Gasteiger charge is 2.39. The van der Waals surface area contributed by atoms with Gasteiger partial charge in [-0.2, -0.15) is 0 Å². The first-order valence-corrected chi connectivity index (χ1v) is 7.76. The molecule has 1 saturated heterocycles. The Kier molecular flexibility index (Phi) is 5.22. The van der Waals surface area contributed by atoms with E-state index in [2.05, 4.69) is 10.6 Å². The molecule has 1 aliphatic heterocycles. The summed E-state index contributed by atoms with van der Waals surface area (Å²) in [5, 5.41) is 6.46. The van der Waals surface area contributed by atoms with E-state index in [9.17, 15) is 4.79 Å². The highest BCUT2D eigenvalue weighted by Crippen LogP contribution is 2.39. The Balaban J connectivity index is 1.67. The Labute approximate surface area is 116 Å². The Morgan fingerprint density at radius 2 is 2.11 bits per heavy atom. The van der Waals surface area contributed by atoms with Crippen molar-refractivity contribution in [2.75, 3.05) is 13.2 Å². The van der Waals surface area contributed by atoms with Gasteiger partial charge in [-0.25, -0.2) is 0 Å². The van der Waals surface area contributed by atoms with Gasteiger partial charge in [0.15, 0.2) is 0 Å². The summed E-state index contributed by atoms with van der Waals surface area (Å²) in [5.41, 5.74) is 0.163. The van der Waals surface area contributed by atoms with Crippen LogP contribution in [0.4, 0.5) is 0 Å². The number of nitrogens with one attached hydrogen (secondary N) is 2. The fraction of sp³-hybridized carbons (Fsp3) is 0.933. The van der Waals surface area contributed by atoms with Crippen LogP contribution in [-0.4, -0.2) is 36.7 Å². The van der Waals surface area contributed by atoms with E-state index >= 15 is 0 Å². The zero-order chi connectivity index (χ0) is 13.7. The van der Waals surface area contributed by atoms with Crippen molar-refractivity contribution < 1.29 is 9.53 Å². The fourth-order valence-corrected chi connectivity index (χ4v) is 3.35. The zero-order valence-electron chi connectivity index (χ0n) is 12.3. The Bertz CT molecular complexity index is 299. The van der Waals surface area contributed by atoms with Crippen LogP contribution in [-0.2, 0) is 9.53 Å². The summed E-state index contributed by atoms with van der Waals surface area (Å²) in [7, 11) is 0. The normalized spacial score (nSPS) is 25.9. The largest absolute Gasteiger partial charge is 0.375 e. The molecule has 2 N–H and O–H groups in total. The lowest BCUT2D eigenvalue weighted by Crippen LogP contribution is -2.46. The van der Waals surface area contributed by atoms with E-state index in [4.69, 9.17) is 4.74 Å². The van der Waals surface area contributed by atoms with Crippen molar-refractivity contribution in [3.8, 4) is 0 Å². The third kappa shape index (κ3) is 4.46. The molecule has 4 heteroatoms. The highest BCUT2D eigenvalue weighted by atomic mass is 16.5. The van der Waals surface area contributed by atoms with Crippen molar-refractivity contribution in [1.82, 2.24) is 10.6 Å². The SMILES string of the molecule is CC(C)NC(=O)CCNC1CCOC2(CCCC2)C1. The Morgan fingerprint density at radius 1 is 1.37 bits per heavy atom. The first-order chi connectivity index (χ1) is 9.10. The van der Waals surface area contributed by atoms with Crippen molar-refractivity contribution in [2.45, 2.75) is 76.5 Å². The molecule has 0 radical (unpaired) electrons. The number of hydrogen-bond donors (Lipinski definition) is 2. The Morgan fingerprint density at radius 3 is 2.79 bits per heavy atom. The average molecular weight is 268 g/mol. The summed E-state index contributed by atoms with van der Waals surface area (Å²) in [6, 6.07) is 0.760. The molecule has 1 amide bonds. The van der Waals surface area contributed by atoms with Gasteiger partial charge in [-0.05, 0) is 39.5 Å². The van der Waals surface area contributed by atoms with Gasteiger partial charge < -0.3 is 15.4 Å². The van der Waals surface area contributed by atoms with E-state index in [0.717, 1.165) is 26.0 Å². The van der Waals surface area contributed by atoms with Crippen LogP contribution in [0.25, 0.3) is 0 Å². The summed E-state index contributed by atoms with van der Waals surface area (Å²) < 4.78 is 6.02. The van der Waals surface area contributed by atoms with Gasteiger partial charge in [-0.3, -0.25) is 4.79 Å². The lowest BCUT2D eigenvalue weighted by Gasteiger charge is -2.38. The second-order valence-electron chi connectivity index (χ2n) is 6.35. The van der Waals surface area contributed by atoms with Crippen LogP contribution in [0.15, 0.2) is 0 Å². The molecular weight excluding hydrogens is 240 g/mol. The van der Waals surface area contributed by atoms with Gasteiger partial charge in [0.1, 0.15) is 0 Å². The molecule has 0 aromatic carbocycles. The number of ether oxygens (including phenoxy) is 1. The second-order valence-corrected chi connectivity index (χ2v) is 6.35. The minimum Gasteiger partial charge on any atom is -0.375 e. The zero-order valence-corrected chi connectivity index (χ0v) is 12.3. The van der Waals surface area contributed by atoms with Crippen LogP contribution in [0.3, 0.4) is 0 Å². The first-order valence-electron chi connectivity index (χ1n) is 7.76. The van der Waals surface area contributed by atoms with Crippen LogP contribution < -0.4 is 10.6 Å². The van der Waals surface area contributed by atoms with E-state index in [1.54, 1.807) is 0 Å². The summed E-state index contributed by atoms with van der Waals surface area (Å²) in [6.07, 6.45) is 7.83. The van der Waals surface area contributed by atoms with Crippen molar-refractivity contribution in [3.63, 3.8) is 0 Å². The quantitative estimate of drug-likeness (QED) is 0.801. The van der Waals surface area contributed by atoms with Gasteiger partial charge in [-0.1, -0.05) is 12.8 Å². The summed E-state index contributed by atoms with van der Waals surface area (Å²) in [6.45, 7) is 5.64. The lowest BCUT2D eigenvalue weighted by atomic mass is 9.89. The van der Waals surface area contributed by atoms with Gasteiger partial charge in [0.05, 0.1) is 5.60 Å². The van der Waals surface area contributed by atoms with Gasteiger partial charge in [0.2, 0.25) is 5.91 Å². The minimum atomic E-state index is 0.144. The molecule has 2 aliphatic rings. The predicted molar refractivity (Wildman–Crippen MR) is 76.1 cm³/mol. The van der Waals surface area contributed by atoms with Crippen LogP contribution in [0.1, 0.15) is 58.8 Å². The number of rotatable bonds is 5. The molecule has 0 aromatic rings. The van der Waals surface area contributed by atoms with Crippen molar-refractivity contribution in [3.05, 3.63) is 0 Å². The fourth-order valence-electron chi connectivity index (χ4n) is 3.35. The molecular formula is C15H28N2O2. The number of amides is 1. The van der Waals surface area contributed by atoms with Gasteiger partial charge >= 0.3 is 0 Å². The maximum Gasteiger partial charge on any atom is 0.221 e. The van der Waals surface area contributed by atoms with Gasteiger partial charge in [-0.15, -0.1) is 0 Å². The topological polar surface area (TPSA) is 50.4 Å². The second kappa shape index (κ2) is 6.71. The maximum atomic E-state index is 11.6. The van der Waals surface area contributed by atoms with Gasteiger partial charge in [0, 0.05) is 31.7 Å². The third-order valence-corrected chi connectivity index (χ3v) is 4.24. The molecule has 2 rings (SSSR count). The van der Waals surface area contributed by atoms with Crippen LogP contribution in [0, 0.1) is 0 Å². The first kappa shape index (κ1) is 14.8. The minimum absolute atomic E-state index is 0.144. The van der Waals surface area contributed by atoms with E-state index in [1.807, 2.05) is 13.8 Å². The number of hydrogen-bond acceptors (Lipinski definition) is 3. The lowest BCUT2D eigenvalue weighted by molar-refractivity contribution is -0.121. The van der Waals surface area contributed by atoms with Crippen LogP contribution in [0.5, 0.6) is 0 Å². The van der Waals surface area contributed by atoms with Crippen LogP contribution >= 0.6 is 0 Å². The molecule has 1 atom stereocenters. The standard InChI is InChI=1S/C15H28N2O2/c1-12(2)17-14(18)5-9-16-13-6-10-19-15(11-13)7-3-4-8-15/h12-13,16H,3-11H2,1-2H3,(H,17,18). The average Bonchev–Trinajstić information content (AvgIpc) is 2.76. The number of carbonyl (C=O) groups is 1. The monoisotopic (exact) mass is 268 g/mol. The number of carbonyl (C=O) groups excluding carboxylic acids is 1. The van der Waals surface area contributed by atoms with E-state index in [1.165, 1.54) is 25.7 Å². The Hall–Kier alpha value is -0.610. The summed E-state index contributed by atoms with van der Waals surface area (Å²) >= 11 is 0. The maximum absolute atomic E-state index is 11.6. The molecule has 2 fully saturated rings. The molecule has 0 aromatic heterocycles. The van der Waals surface area contributed by atoms with Crippen molar-refractivity contribution >= 4 is 5.91 Å². The van der Waals surface area contributed by atoms with Crippen LogP contribution in [0.2, 0.25) is 0 Å². The molecule has 1 spiro atoms. The molecule has 19 heavy (non-hydrogen) atoms. The predicted octanol–water partition coefficient (Wildman–Crippen LogP) is 1.98. The summed E-state index contributed by atoms with van der Waals surface area (Å²) in [4.78, 5) is 11.6. The third-order valence-electron chi connectivity index (χ3n) is 4.24. The smallest absolute Gasteiger partial charge is 0.221 e.